The Morgan fingerprint density at radius 3 is 2.58 bits per heavy atom. The Bertz CT molecular complexity index is 1900. The monoisotopic (exact) mass is 617 g/mol. The van der Waals surface area contributed by atoms with Gasteiger partial charge in [-0.25, -0.2) is 18.4 Å². The van der Waals surface area contributed by atoms with Gasteiger partial charge in [0.25, 0.3) is 0 Å². The molecule has 0 bridgehead atoms. The van der Waals surface area contributed by atoms with E-state index in [1.807, 2.05) is 53.4 Å². The Labute approximate surface area is 260 Å². The first-order valence-corrected chi connectivity index (χ1v) is 15.2. The van der Waals surface area contributed by atoms with Crippen molar-refractivity contribution in [3.8, 4) is 22.6 Å². The average Bonchev–Trinajstić information content (AvgIpc) is 2.96. The average molecular weight is 618 g/mol. The summed E-state index contributed by atoms with van der Waals surface area (Å²) < 4.78 is 45.4. The number of aryl methyl sites for hydroxylation is 1. The van der Waals surface area contributed by atoms with E-state index in [1.54, 1.807) is 35.4 Å². The number of halogens is 2. The number of anilines is 1. The molecule has 11 heteroatoms. The SMILES string of the molecule is Cc1ccnc(C(C)C)c1-n1c(=O)nc(N2CCN(C(=O)OC(C)(C)C)C[C@@H]2C)c2cc3c(c(F)c21)-c1c(F)cccc1CO3. The van der Waals surface area contributed by atoms with Gasteiger partial charge in [-0.3, -0.25) is 9.55 Å². The number of rotatable bonds is 3. The number of ether oxygens (including phenoxy) is 2. The number of pyridine rings is 1. The van der Waals surface area contributed by atoms with Crippen molar-refractivity contribution in [3.63, 3.8) is 0 Å². The number of aromatic nitrogens is 3. The maximum absolute atomic E-state index is 17.2. The zero-order chi connectivity index (χ0) is 32.4. The summed E-state index contributed by atoms with van der Waals surface area (Å²) in [7, 11) is 0. The quantitative estimate of drug-likeness (QED) is 0.259. The van der Waals surface area contributed by atoms with Crippen LogP contribution >= 0.6 is 0 Å². The number of carbonyl (C=O) groups is 1. The minimum absolute atomic E-state index is 0.0387. The molecule has 1 fully saturated rings. The van der Waals surface area contributed by atoms with Crippen molar-refractivity contribution in [3.05, 3.63) is 75.5 Å². The molecule has 2 aromatic carbocycles. The van der Waals surface area contributed by atoms with Gasteiger partial charge < -0.3 is 19.3 Å². The Morgan fingerprint density at radius 2 is 1.89 bits per heavy atom. The van der Waals surface area contributed by atoms with Crippen molar-refractivity contribution in [1.82, 2.24) is 19.4 Å². The van der Waals surface area contributed by atoms with Gasteiger partial charge in [-0.1, -0.05) is 26.0 Å². The Morgan fingerprint density at radius 1 is 1.13 bits per heavy atom. The molecule has 0 aliphatic carbocycles. The van der Waals surface area contributed by atoms with Gasteiger partial charge in [0.1, 0.15) is 29.6 Å². The number of hydrogen-bond donors (Lipinski definition) is 0. The Hall–Kier alpha value is -4.54. The molecule has 1 saturated heterocycles. The zero-order valence-electron chi connectivity index (χ0n) is 26.6. The summed E-state index contributed by atoms with van der Waals surface area (Å²) in [6, 6.07) is 7.67. The number of piperazine rings is 1. The second kappa shape index (κ2) is 11.1. The molecule has 4 aromatic rings. The molecule has 236 valence electrons. The van der Waals surface area contributed by atoms with Gasteiger partial charge in [0.05, 0.1) is 22.5 Å². The third-order valence-electron chi connectivity index (χ3n) is 8.27. The zero-order valence-corrected chi connectivity index (χ0v) is 26.6. The van der Waals surface area contributed by atoms with E-state index in [4.69, 9.17) is 9.47 Å². The number of carbonyl (C=O) groups excluding carboxylic acids is 1. The highest BCUT2D eigenvalue weighted by molar-refractivity contribution is 5.98. The van der Waals surface area contributed by atoms with Gasteiger partial charge in [-0.2, -0.15) is 4.98 Å². The van der Waals surface area contributed by atoms with E-state index < -0.39 is 29.0 Å². The van der Waals surface area contributed by atoms with Crippen LogP contribution < -0.4 is 15.3 Å². The van der Waals surface area contributed by atoms with Crippen molar-refractivity contribution in [2.45, 2.75) is 72.6 Å². The van der Waals surface area contributed by atoms with Gasteiger partial charge in [-0.05, 0) is 64.3 Å². The molecule has 0 unspecified atom stereocenters. The molecule has 0 spiro atoms. The van der Waals surface area contributed by atoms with Crippen LogP contribution in [0.1, 0.15) is 64.3 Å². The Balaban J connectivity index is 1.60. The lowest BCUT2D eigenvalue weighted by atomic mass is 9.94. The van der Waals surface area contributed by atoms with E-state index in [0.29, 0.717) is 47.5 Å². The number of hydrogen-bond acceptors (Lipinski definition) is 7. The van der Waals surface area contributed by atoms with Crippen molar-refractivity contribution in [2.75, 3.05) is 24.5 Å². The first-order chi connectivity index (χ1) is 21.3. The van der Waals surface area contributed by atoms with E-state index in [2.05, 4.69) is 9.97 Å². The second-order valence-electron chi connectivity index (χ2n) is 13.1. The van der Waals surface area contributed by atoms with E-state index in [0.717, 1.165) is 0 Å². The van der Waals surface area contributed by atoms with Crippen LogP contribution in [-0.4, -0.2) is 56.8 Å². The van der Waals surface area contributed by atoms with Crippen LogP contribution in [0.3, 0.4) is 0 Å². The van der Waals surface area contributed by atoms with Crippen LogP contribution in [0.4, 0.5) is 19.4 Å². The summed E-state index contributed by atoms with van der Waals surface area (Å²) in [6.07, 6.45) is 1.23. The predicted molar refractivity (Wildman–Crippen MR) is 168 cm³/mol. The minimum atomic E-state index is -0.785. The van der Waals surface area contributed by atoms with Gasteiger partial charge in [0.15, 0.2) is 5.82 Å². The fourth-order valence-corrected chi connectivity index (χ4v) is 6.25. The fourth-order valence-electron chi connectivity index (χ4n) is 6.25. The first-order valence-electron chi connectivity index (χ1n) is 15.2. The molecular weight excluding hydrogens is 580 g/mol. The van der Waals surface area contributed by atoms with Crippen molar-refractivity contribution >= 4 is 22.8 Å². The summed E-state index contributed by atoms with van der Waals surface area (Å²) in [5.74, 6) is -1.03. The third kappa shape index (κ3) is 5.27. The van der Waals surface area contributed by atoms with Crippen molar-refractivity contribution in [1.29, 1.82) is 0 Å². The largest absolute Gasteiger partial charge is 0.488 e. The minimum Gasteiger partial charge on any atom is -0.488 e. The summed E-state index contributed by atoms with van der Waals surface area (Å²) >= 11 is 0. The molecule has 1 atom stereocenters. The van der Waals surface area contributed by atoms with Crippen LogP contribution in [0, 0.1) is 18.6 Å². The molecule has 2 aromatic heterocycles. The van der Waals surface area contributed by atoms with Crippen LogP contribution in [0.15, 0.2) is 41.3 Å². The van der Waals surface area contributed by atoms with Crippen molar-refractivity contribution < 1.29 is 23.0 Å². The summed E-state index contributed by atoms with van der Waals surface area (Å²) in [5.41, 5.74) is 0.964. The van der Waals surface area contributed by atoms with Crippen LogP contribution in [0.2, 0.25) is 0 Å². The highest BCUT2D eigenvalue weighted by Gasteiger charge is 2.35. The number of benzene rings is 2. The smallest absolute Gasteiger partial charge is 0.410 e. The predicted octanol–water partition coefficient (Wildman–Crippen LogP) is 6.50. The lowest BCUT2D eigenvalue weighted by Crippen LogP contribution is -2.55. The molecule has 0 N–H and O–H groups in total. The molecule has 45 heavy (non-hydrogen) atoms. The maximum Gasteiger partial charge on any atom is 0.410 e. The topological polar surface area (TPSA) is 89.8 Å². The third-order valence-corrected chi connectivity index (χ3v) is 8.27. The van der Waals surface area contributed by atoms with E-state index in [-0.39, 0.29) is 46.8 Å². The molecule has 2 aliphatic heterocycles. The van der Waals surface area contributed by atoms with Gasteiger partial charge >= 0.3 is 11.8 Å². The van der Waals surface area contributed by atoms with Gasteiger partial charge in [0.2, 0.25) is 0 Å². The lowest BCUT2D eigenvalue weighted by Gasteiger charge is -2.41. The summed E-state index contributed by atoms with van der Waals surface area (Å²) in [6.45, 7) is 14.1. The van der Waals surface area contributed by atoms with Crippen LogP contribution in [-0.2, 0) is 11.3 Å². The van der Waals surface area contributed by atoms with Crippen molar-refractivity contribution in [2.24, 2.45) is 0 Å². The molecule has 0 radical (unpaired) electrons. The standard InChI is InChI=1S/C34H37F2N5O4/c1-18(2)28-29(19(3)11-12-37-28)41-30-22(15-24-26(27(30)36)25-21(17-44-24)9-8-10-23(25)35)31(38-32(41)42)40-14-13-39(16-20(40)4)33(43)45-34(5,6)7/h8-12,15,18,20H,13-14,16-17H2,1-7H3/t20-/m0/s1. The number of fused-ring (bicyclic) bond motifs is 4. The molecule has 0 saturated carbocycles. The number of amides is 1. The summed E-state index contributed by atoms with van der Waals surface area (Å²) in [5, 5.41) is 0.334. The van der Waals surface area contributed by atoms with E-state index >= 15 is 8.78 Å². The van der Waals surface area contributed by atoms with Gasteiger partial charge in [-0.15, -0.1) is 0 Å². The fraction of sp³-hybridized carbons (Fsp3) is 0.412. The van der Waals surface area contributed by atoms with Crippen LogP contribution in [0.25, 0.3) is 27.7 Å². The van der Waals surface area contributed by atoms with E-state index in [9.17, 15) is 9.59 Å². The second-order valence-corrected chi connectivity index (χ2v) is 13.1. The normalized spacial score (nSPS) is 16.4. The van der Waals surface area contributed by atoms with Gasteiger partial charge in [0, 0.05) is 48.4 Å². The highest BCUT2D eigenvalue weighted by atomic mass is 19.1. The Kier molecular flexibility index (Phi) is 7.53. The number of nitrogens with zero attached hydrogens (tertiary/aromatic N) is 5. The van der Waals surface area contributed by atoms with Crippen LogP contribution in [0.5, 0.6) is 5.75 Å². The molecule has 6 rings (SSSR count). The molecule has 4 heterocycles. The highest BCUT2D eigenvalue weighted by Crippen LogP contribution is 2.46. The van der Waals surface area contributed by atoms with E-state index in [1.165, 1.54) is 10.6 Å². The maximum atomic E-state index is 17.2. The lowest BCUT2D eigenvalue weighted by molar-refractivity contribution is 0.0218. The first kappa shape index (κ1) is 30.5. The summed E-state index contributed by atoms with van der Waals surface area (Å²) in [4.78, 5) is 39.6. The molecular formula is C34H37F2N5O4. The molecule has 2 aliphatic rings. The molecule has 9 nitrogen and oxygen atoms in total. The molecule has 1 amide bonds.